The quantitative estimate of drug-likeness (QED) is 0.465. The molecule has 0 aromatic rings. The van der Waals surface area contributed by atoms with E-state index in [1.807, 2.05) is 0 Å². The van der Waals surface area contributed by atoms with Gasteiger partial charge in [-0.25, -0.2) is 4.57 Å². The zero-order valence-electron chi connectivity index (χ0n) is 8.85. The summed E-state index contributed by atoms with van der Waals surface area (Å²) in [5.74, 6) is -1.24. The topological polar surface area (TPSA) is 151 Å². The summed E-state index contributed by atoms with van der Waals surface area (Å²) < 4.78 is 28.9. The standard InChI is InChI=1S/C6H12O9P2/c1-6(9,4-5(7)8)2-3-14-17(12,13)15-16(10)11/h9H,2-4H2,1H3,(H2-,7,8,10,11,12,13)/p+1/t6-/m1/s1. The van der Waals surface area contributed by atoms with Crippen LogP contribution in [0.4, 0.5) is 0 Å². The first-order chi connectivity index (χ1) is 7.54. The Hall–Kier alpha value is -0.400. The van der Waals surface area contributed by atoms with Crippen LogP contribution in [0, 0.1) is 0 Å². The summed E-state index contributed by atoms with van der Waals surface area (Å²) in [6, 6.07) is 0. The maximum atomic E-state index is 10.9. The number of rotatable bonds is 8. The van der Waals surface area contributed by atoms with Crippen molar-refractivity contribution in [2.45, 2.75) is 25.4 Å². The van der Waals surface area contributed by atoms with E-state index in [0.717, 1.165) is 0 Å². The molecule has 2 unspecified atom stereocenters. The second kappa shape index (κ2) is 6.51. The number of aliphatic hydroxyl groups is 1. The Labute approximate surface area is 97.6 Å². The molecule has 0 bridgehead atoms. The van der Waals surface area contributed by atoms with E-state index in [4.69, 9.17) is 14.9 Å². The summed E-state index contributed by atoms with van der Waals surface area (Å²) in [4.78, 5) is 27.4. The number of hydrogen-bond acceptors (Lipinski definition) is 6. The average Bonchev–Trinajstić information content (AvgIpc) is 1.96. The van der Waals surface area contributed by atoms with E-state index in [2.05, 4.69) is 8.83 Å². The minimum Gasteiger partial charge on any atom is -0.481 e. The number of phosphoric ester groups is 1. The molecule has 0 fully saturated rings. The van der Waals surface area contributed by atoms with Crippen LogP contribution in [0.2, 0.25) is 0 Å². The molecule has 0 aliphatic rings. The van der Waals surface area contributed by atoms with Gasteiger partial charge in [0.15, 0.2) is 0 Å². The molecule has 100 valence electrons. The fourth-order valence-corrected chi connectivity index (χ4v) is 2.12. The molecule has 0 heterocycles. The summed E-state index contributed by atoms with van der Waals surface area (Å²) in [7, 11) is -7.95. The van der Waals surface area contributed by atoms with E-state index < -0.39 is 40.7 Å². The van der Waals surface area contributed by atoms with Gasteiger partial charge in [-0.15, -0.1) is 4.89 Å². The highest BCUT2D eigenvalue weighted by molar-refractivity contribution is 7.55. The molecule has 3 atom stereocenters. The largest absolute Gasteiger partial charge is 0.705 e. The van der Waals surface area contributed by atoms with Crippen molar-refractivity contribution in [2.24, 2.45) is 0 Å². The van der Waals surface area contributed by atoms with E-state index in [9.17, 15) is 19.0 Å². The maximum absolute atomic E-state index is 10.9. The van der Waals surface area contributed by atoms with Crippen molar-refractivity contribution in [3.05, 3.63) is 0 Å². The zero-order valence-corrected chi connectivity index (χ0v) is 10.6. The third-order valence-electron chi connectivity index (χ3n) is 1.60. The third-order valence-corrected chi connectivity index (χ3v) is 3.49. The lowest BCUT2D eigenvalue weighted by Gasteiger charge is -2.20. The molecule has 0 rings (SSSR count). The van der Waals surface area contributed by atoms with Crippen LogP contribution in [0.15, 0.2) is 0 Å². The SMILES string of the molecule is C[C@@](O)(CCOP(=O)(O)O[P+](=O)O)CC(=O)O. The van der Waals surface area contributed by atoms with Crippen molar-refractivity contribution in [2.75, 3.05) is 6.61 Å². The van der Waals surface area contributed by atoms with Crippen LogP contribution in [0.3, 0.4) is 0 Å². The minimum absolute atomic E-state index is 0.255. The summed E-state index contributed by atoms with van der Waals surface area (Å²) in [6.07, 6.45) is -0.823. The molecule has 0 radical (unpaired) electrons. The fourth-order valence-electron chi connectivity index (χ4n) is 0.907. The number of hydrogen-bond donors (Lipinski definition) is 4. The van der Waals surface area contributed by atoms with Gasteiger partial charge in [-0.3, -0.25) is 14.2 Å². The van der Waals surface area contributed by atoms with Gasteiger partial charge in [0.05, 0.1) is 18.6 Å². The summed E-state index contributed by atoms with van der Waals surface area (Å²) in [5, 5.41) is 17.9. The first-order valence-corrected chi connectivity index (χ1v) is 6.94. The molecule has 9 nitrogen and oxygen atoms in total. The molecule has 0 spiro atoms. The van der Waals surface area contributed by atoms with E-state index in [1.165, 1.54) is 6.92 Å². The highest BCUT2D eigenvalue weighted by Gasteiger charge is 2.35. The molecule has 0 amide bonds. The molecule has 0 aromatic carbocycles. The van der Waals surface area contributed by atoms with Gasteiger partial charge in [0.25, 0.3) is 0 Å². The Bertz CT molecular complexity index is 338. The smallest absolute Gasteiger partial charge is 0.481 e. The van der Waals surface area contributed by atoms with Crippen LogP contribution < -0.4 is 0 Å². The van der Waals surface area contributed by atoms with Crippen LogP contribution in [0.5, 0.6) is 0 Å². The normalized spacial score (nSPS) is 19.2. The van der Waals surface area contributed by atoms with Crippen LogP contribution >= 0.6 is 16.1 Å². The molecular weight excluding hydrogens is 278 g/mol. The number of phosphoric acid groups is 1. The summed E-state index contributed by atoms with van der Waals surface area (Å²) in [5.41, 5.74) is -1.62. The molecule has 11 heteroatoms. The molecular formula is C6H13O9P2+. The predicted octanol–water partition coefficient (Wildman–Crippen LogP) is 0.385. The van der Waals surface area contributed by atoms with Gasteiger partial charge in [0.2, 0.25) is 0 Å². The lowest BCUT2D eigenvalue weighted by Crippen LogP contribution is -2.29. The van der Waals surface area contributed by atoms with Gasteiger partial charge in [-0.2, -0.15) is 0 Å². The molecule has 0 saturated heterocycles. The van der Waals surface area contributed by atoms with Crippen molar-refractivity contribution >= 4 is 22.0 Å². The number of aliphatic carboxylic acids is 1. The Balaban J connectivity index is 4.10. The van der Waals surface area contributed by atoms with Crippen LogP contribution in [0.25, 0.3) is 0 Å². The Kier molecular flexibility index (Phi) is 6.36. The minimum atomic E-state index is -4.66. The summed E-state index contributed by atoms with van der Waals surface area (Å²) in [6.45, 7) is 0.706. The van der Waals surface area contributed by atoms with Gasteiger partial charge in [-0.1, -0.05) is 0 Å². The highest BCUT2D eigenvalue weighted by atomic mass is 31.2. The summed E-state index contributed by atoms with van der Waals surface area (Å²) >= 11 is 0. The maximum Gasteiger partial charge on any atom is 0.705 e. The fraction of sp³-hybridized carbons (Fsp3) is 0.833. The van der Waals surface area contributed by atoms with Crippen LogP contribution in [-0.2, 0) is 22.8 Å². The second-order valence-corrected chi connectivity index (χ2v) is 5.76. The first-order valence-electron chi connectivity index (χ1n) is 4.31. The molecule has 0 saturated carbocycles. The van der Waals surface area contributed by atoms with Gasteiger partial charge < -0.3 is 10.2 Å². The number of carboxylic acids is 1. The van der Waals surface area contributed by atoms with Crippen molar-refractivity contribution in [3.63, 3.8) is 0 Å². The molecule has 17 heavy (non-hydrogen) atoms. The lowest BCUT2D eigenvalue weighted by atomic mass is 9.99. The Morgan fingerprint density at radius 2 is 2.06 bits per heavy atom. The monoisotopic (exact) mass is 291 g/mol. The first kappa shape index (κ1) is 16.6. The van der Waals surface area contributed by atoms with E-state index >= 15 is 0 Å². The Morgan fingerprint density at radius 3 is 2.47 bits per heavy atom. The predicted molar refractivity (Wildman–Crippen MR) is 54.2 cm³/mol. The van der Waals surface area contributed by atoms with Crippen molar-refractivity contribution in [1.29, 1.82) is 0 Å². The van der Waals surface area contributed by atoms with Crippen molar-refractivity contribution in [3.8, 4) is 0 Å². The van der Waals surface area contributed by atoms with Crippen LogP contribution in [-0.4, -0.2) is 38.2 Å². The van der Waals surface area contributed by atoms with Gasteiger partial charge >= 0.3 is 22.0 Å². The van der Waals surface area contributed by atoms with E-state index in [1.54, 1.807) is 0 Å². The van der Waals surface area contributed by atoms with Gasteiger partial charge in [0, 0.05) is 11.0 Å². The molecule has 0 aliphatic heterocycles. The van der Waals surface area contributed by atoms with Gasteiger partial charge in [0.1, 0.15) is 0 Å². The number of carboxylic acid groups (broad SMARTS) is 1. The Morgan fingerprint density at radius 1 is 1.53 bits per heavy atom. The van der Waals surface area contributed by atoms with E-state index in [0.29, 0.717) is 0 Å². The molecule has 0 aliphatic carbocycles. The molecule has 0 aromatic heterocycles. The van der Waals surface area contributed by atoms with Crippen LogP contribution in [0.1, 0.15) is 19.8 Å². The highest BCUT2D eigenvalue weighted by Crippen LogP contribution is 2.50. The number of carbonyl (C=O) groups is 1. The average molecular weight is 291 g/mol. The lowest BCUT2D eigenvalue weighted by molar-refractivity contribution is -0.142. The van der Waals surface area contributed by atoms with Crippen molar-refractivity contribution in [1.82, 2.24) is 0 Å². The third kappa shape index (κ3) is 9.31. The second-order valence-electron chi connectivity index (χ2n) is 3.44. The zero-order chi connectivity index (χ0) is 13.7. The molecule has 4 N–H and O–H groups in total. The van der Waals surface area contributed by atoms with Gasteiger partial charge in [-0.05, 0) is 11.2 Å². The van der Waals surface area contributed by atoms with Crippen molar-refractivity contribution < 1.29 is 42.8 Å². The van der Waals surface area contributed by atoms with E-state index in [-0.39, 0.29) is 6.42 Å².